The molecule has 5 atom stereocenters. The Hall–Kier alpha value is -1.22. The third-order valence-electron chi connectivity index (χ3n) is 2.82. The summed E-state index contributed by atoms with van der Waals surface area (Å²) < 4.78 is 25.6. The standard InChI is InChI=1S/C12H20O8/c1-6(13)18-9-8(5-16-3)20-12(15)11(17-4)10(9)19-7(2)14/h8-12,15H,5H2,1-4H3/t8?,9-,10?,11?,12-/m1/s1. The Morgan fingerprint density at radius 3 is 2.05 bits per heavy atom. The van der Waals surface area contributed by atoms with Gasteiger partial charge in [0.2, 0.25) is 0 Å². The molecule has 0 aromatic rings. The van der Waals surface area contributed by atoms with E-state index >= 15 is 0 Å². The fourth-order valence-electron chi connectivity index (χ4n) is 2.10. The SMILES string of the molecule is COCC1O[C@@H](O)C(OC)C(OC(C)=O)[C@@H]1OC(C)=O. The minimum Gasteiger partial charge on any atom is -0.456 e. The van der Waals surface area contributed by atoms with Crippen molar-refractivity contribution in [2.24, 2.45) is 0 Å². The third-order valence-corrected chi connectivity index (χ3v) is 2.82. The van der Waals surface area contributed by atoms with Gasteiger partial charge in [-0.1, -0.05) is 0 Å². The average molecular weight is 292 g/mol. The number of ether oxygens (including phenoxy) is 5. The summed E-state index contributed by atoms with van der Waals surface area (Å²) in [5.74, 6) is -1.15. The lowest BCUT2D eigenvalue weighted by atomic mass is 9.98. The van der Waals surface area contributed by atoms with Crippen molar-refractivity contribution >= 4 is 11.9 Å². The third kappa shape index (κ3) is 4.14. The molecular formula is C12H20O8. The van der Waals surface area contributed by atoms with Crippen LogP contribution in [0.3, 0.4) is 0 Å². The molecule has 1 heterocycles. The van der Waals surface area contributed by atoms with Crippen molar-refractivity contribution in [3.05, 3.63) is 0 Å². The van der Waals surface area contributed by atoms with Gasteiger partial charge in [-0.3, -0.25) is 9.59 Å². The zero-order chi connectivity index (χ0) is 15.3. The van der Waals surface area contributed by atoms with E-state index < -0.39 is 42.6 Å². The van der Waals surface area contributed by atoms with E-state index in [9.17, 15) is 14.7 Å². The van der Waals surface area contributed by atoms with Crippen molar-refractivity contribution in [3.8, 4) is 0 Å². The van der Waals surface area contributed by atoms with Gasteiger partial charge in [0.05, 0.1) is 6.61 Å². The predicted octanol–water partition coefficient (Wildman–Crippen LogP) is -0.772. The van der Waals surface area contributed by atoms with Crippen molar-refractivity contribution in [3.63, 3.8) is 0 Å². The van der Waals surface area contributed by atoms with Gasteiger partial charge in [0.1, 0.15) is 12.2 Å². The minimum absolute atomic E-state index is 0.0587. The maximum absolute atomic E-state index is 11.2. The number of esters is 2. The second-order valence-electron chi connectivity index (χ2n) is 4.37. The lowest BCUT2D eigenvalue weighted by Crippen LogP contribution is -2.61. The average Bonchev–Trinajstić information content (AvgIpc) is 2.33. The molecule has 1 N–H and O–H groups in total. The first-order valence-corrected chi connectivity index (χ1v) is 6.10. The minimum atomic E-state index is -1.32. The van der Waals surface area contributed by atoms with Crippen LogP contribution in [0.15, 0.2) is 0 Å². The van der Waals surface area contributed by atoms with Crippen molar-refractivity contribution in [1.29, 1.82) is 0 Å². The molecule has 3 unspecified atom stereocenters. The molecule has 8 heteroatoms. The molecular weight excluding hydrogens is 272 g/mol. The molecule has 1 fully saturated rings. The molecule has 0 bridgehead atoms. The van der Waals surface area contributed by atoms with E-state index in [1.165, 1.54) is 28.1 Å². The van der Waals surface area contributed by atoms with E-state index in [0.717, 1.165) is 0 Å². The molecule has 0 radical (unpaired) electrons. The largest absolute Gasteiger partial charge is 0.456 e. The summed E-state index contributed by atoms with van der Waals surface area (Å²) in [6, 6.07) is 0. The molecule has 0 spiro atoms. The number of aliphatic hydroxyl groups excluding tert-OH is 1. The first-order chi connectivity index (χ1) is 9.40. The van der Waals surface area contributed by atoms with Gasteiger partial charge in [-0.2, -0.15) is 0 Å². The molecule has 1 aliphatic rings. The van der Waals surface area contributed by atoms with Gasteiger partial charge in [0.15, 0.2) is 18.5 Å². The van der Waals surface area contributed by atoms with Gasteiger partial charge in [0, 0.05) is 28.1 Å². The van der Waals surface area contributed by atoms with Crippen LogP contribution < -0.4 is 0 Å². The van der Waals surface area contributed by atoms with E-state index in [0.29, 0.717) is 0 Å². The highest BCUT2D eigenvalue weighted by Gasteiger charge is 2.49. The smallest absolute Gasteiger partial charge is 0.303 e. The van der Waals surface area contributed by atoms with Gasteiger partial charge >= 0.3 is 11.9 Å². The molecule has 20 heavy (non-hydrogen) atoms. The number of carbonyl (C=O) groups excluding carboxylic acids is 2. The van der Waals surface area contributed by atoms with Gasteiger partial charge < -0.3 is 28.8 Å². The number of hydrogen-bond donors (Lipinski definition) is 1. The van der Waals surface area contributed by atoms with Crippen LogP contribution in [0, 0.1) is 0 Å². The van der Waals surface area contributed by atoms with Crippen LogP contribution >= 0.6 is 0 Å². The molecule has 116 valence electrons. The van der Waals surface area contributed by atoms with E-state index in [4.69, 9.17) is 23.7 Å². The molecule has 1 rings (SSSR count). The van der Waals surface area contributed by atoms with E-state index in [1.807, 2.05) is 0 Å². The number of hydrogen-bond acceptors (Lipinski definition) is 8. The topological polar surface area (TPSA) is 101 Å². The van der Waals surface area contributed by atoms with E-state index in [2.05, 4.69) is 0 Å². The predicted molar refractivity (Wildman–Crippen MR) is 64.7 cm³/mol. The van der Waals surface area contributed by atoms with Crippen LogP contribution in [0.2, 0.25) is 0 Å². The summed E-state index contributed by atoms with van der Waals surface area (Å²) in [7, 11) is 2.76. The molecule has 0 aromatic carbocycles. The maximum atomic E-state index is 11.2. The Morgan fingerprint density at radius 1 is 1.05 bits per heavy atom. The number of methoxy groups -OCH3 is 2. The lowest BCUT2D eigenvalue weighted by Gasteiger charge is -2.42. The Bertz CT molecular complexity index is 344. The monoisotopic (exact) mass is 292 g/mol. The summed E-state index contributed by atoms with van der Waals surface area (Å²) in [4.78, 5) is 22.4. The second-order valence-corrected chi connectivity index (χ2v) is 4.37. The summed E-state index contributed by atoms with van der Waals surface area (Å²) >= 11 is 0. The zero-order valence-electron chi connectivity index (χ0n) is 11.9. The van der Waals surface area contributed by atoms with Crippen LogP contribution in [-0.2, 0) is 33.3 Å². The fraction of sp³-hybridized carbons (Fsp3) is 0.833. The lowest BCUT2D eigenvalue weighted by molar-refractivity contribution is -0.297. The van der Waals surface area contributed by atoms with Gasteiger partial charge in [-0.25, -0.2) is 0 Å². The number of carbonyl (C=O) groups is 2. The quantitative estimate of drug-likeness (QED) is 0.659. The normalized spacial score (nSPS) is 33.5. The molecule has 0 aliphatic carbocycles. The molecule has 1 saturated heterocycles. The molecule has 0 saturated carbocycles. The highest BCUT2D eigenvalue weighted by atomic mass is 16.7. The second kappa shape index (κ2) is 7.53. The first-order valence-electron chi connectivity index (χ1n) is 6.10. The van der Waals surface area contributed by atoms with Crippen molar-refractivity contribution in [1.82, 2.24) is 0 Å². The molecule has 8 nitrogen and oxygen atoms in total. The molecule has 1 aliphatic heterocycles. The van der Waals surface area contributed by atoms with Gasteiger partial charge in [-0.05, 0) is 0 Å². The molecule has 0 aromatic heterocycles. The van der Waals surface area contributed by atoms with Crippen LogP contribution in [0.25, 0.3) is 0 Å². The van der Waals surface area contributed by atoms with Gasteiger partial charge in [0.25, 0.3) is 0 Å². The fourth-order valence-corrected chi connectivity index (χ4v) is 2.10. The highest BCUT2D eigenvalue weighted by Crippen LogP contribution is 2.27. The van der Waals surface area contributed by atoms with E-state index in [1.54, 1.807) is 0 Å². The number of aliphatic hydroxyl groups is 1. The Balaban J connectivity index is 3.00. The van der Waals surface area contributed by atoms with Crippen molar-refractivity contribution in [2.75, 3.05) is 20.8 Å². The molecule has 0 amide bonds. The van der Waals surface area contributed by atoms with Crippen LogP contribution in [0.1, 0.15) is 13.8 Å². The first kappa shape index (κ1) is 16.8. The Morgan fingerprint density at radius 2 is 1.60 bits per heavy atom. The van der Waals surface area contributed by atoms with Crippen LogP contribution in [0.4, 0.5) is 0 Å². The number of rotatable bonds is 5. The highest BCUT2D eigenvalue weighted by molar-refractivity contribution is 5.67. The summed E-state index contributed by atoms with van der Waals surface area (Å²) in [5, 5.41) is 9.87. The Kier molecular flexibility index (Phi) is 6.34. The maximum Gasteiger partial charge on any atom is 0.303 e. The summed E-state index contributed by atoms with van der Waals surface area (Å²) in [6.45, 7) is 2.50. The van der Waals surface area contributed by atoms with Crippen molar-refractivity contribution < 1.29 is 38.4 Å². The van der Waals surface area contributed by atoms with Crippen LogP contribution in [-0.4, -0.2) is 68.6 Å². The van der Waals surface area contributed by atoms with Crippen LogP contribution in [0.5, 0.6) is 0 Å². The van der Waals surface area contributed by atoms with Gasteiger partial charge in [-0.15, -0.1) is 0 Å². The van der Waals surface area contributed by atoms with E-state index in [-0.39, 0.29) is 6.61 Å². The van der Waals surface area contributed by atoms with Crippen molar-refractivity contribution in [2.45, 2.75) is 44.6 Å². The zero-order valence-corrected chi connectivity index (χ0v) is 11.9. The Labute approximate surface area is 116 Å². The summed E-state index contributed by atoms with van der Waals surface area (Å²) in [5.41, 5.74) is 0. The summed E-state index contributed by atoms with van der Waals surface area (Å²) in [6.07, 6.45) is -4.96.